The monoisotopic (exact) mass is 215 g/mol. The van der Waals surface area contributed by atoms with E-state index in [9.17, 15) is 13.6 Å². The summed E-state index contributed by atoms with van der Waals surface area (Å²) in [5.74, 6) is -2.58. The second-order valence-electron chi connectivity index (χ2n) is 2.97. The first-order valence-corrected chi connectivity index (χ1v) is 4.28. The van der Waals surface area contributed by atoms with Gasteiger partial charge in [-0.15, -0.1) is 0 Å². The summed E-state index contributed by atoms with van der Waals surface area (Å²) in [6.07, 6.45) is 0.0232. The average Bonchev–Trinajstić information content (AvgIpc) is 2.17. The largest absolute Gasteiger partial charge is 0.397 e. The Morgan fingerprint density at radius 3 is 2.67 bits per heavy atom. The molecule has 0 bridgehead atoms. The van der Waals surface area contributed by atoms with Crippen molar-refractivity contribution >= 4 is 17.3 Å². The van der Waals surface area contributed by atoms with E-state index in [1.807, 2.05) is 0 Å². The first kappa shape index (κ1) is 11.2. The molecule has 1 aromatic rings. The molecule has 4 nitrogen and oxygen atoms in total. The Hall–Kier alpha value is -1.85. The van der Waals surface area contributed by atoms with E-state index in [-0.39, 0.29) is 24.3 Å². The Balaban J connectivity index is 2.75. The van der Waals surface area contributed by atoms with E-state index < -0.39 is 17.5 Å². The predicted molar refractivity (Wildman–Crippen MR) is 53.1 cm³/mol. The number of hydrogen-bond acceptors (Lipinski definition) is 3. The topological polar surface area (TPSA) is 81.1 Å². The minimum absolute atomic E-state index is 0.0232. The van der Waals surface area contributed by atoms with E-state index in [1.54, 1.807) is 0 Å². The standard InChI is InChI=1S/C9H11F2N3O/c10-5-1-2-6(12)9(8(5)11)14-4-3-7(13)15/h1-2,14H,3-4,12H2,(H2,13,15). The van der Waals surface area contributed by atoms with Crippen molar-refractivity contribution in [3.8, 4) is 0 Å². The van der Waals surface area contributed by atoms with E-state index in [1.165, 1.54) is 6.07 Å². The molecule has 0 aliphatic rings. The first-order chi connectivity index (χ1) is 7.02. The van der Waals surface area contributed by atoms with Crippen molar-refractivity contribution in [2.24, 2.45) is 5.73 Å². The molecule has 82 valence electrons. The quantitative estimate of drug-likeness (QED) is 0.651. The molecule has 1 aromatic carbocycles. The normalized spacial score (nSPS) is 10.0. The van der Waals surface area contributed by atoms with Crippen LogP contribution >= 0.6 is 0 Å². The van der Waals surface area contributed by atoms with Crippen molar-refractivity contribution in [2.45, 2.75) is 6.42 Å². The second kappa shape index (κ2) is 4.59. The highest BCUT2D eigenvalue weighted by Gasteiger charge is 2.11. The lowest BCUT2D eigenvalue weighted by Gasteiger charge is -2.09. The maximum absolute atomic E-state index is 13.2. The maximum Gasteiger partial charge on any atom is 0.219 e. The van der Waals surface area contributed by atoms with Crippen molar-refractivity contribution in [1.29, 1.82) is 0 Å². The van der Waals surface area contributed by atoms with Crippen molar-refractivity contribution in [2.75, 3.05) is 17.6 Å². The Labute approximate surface area is 85.2 Å². The number of carbonyl (C=O) groups is 1. The third-order valence-corrected chi connectivity index (χ3v) is 1.80. The summed E-state index contributed by atoms with van der Waals surface area (Å²) < 4.78 is 25.9. The van der Waals surface area contributed by atoms with Crippen molar-refractivity contribution in [3.05, 3.63) is 23.8 Å². The molecule has 5 N–H and O–H groups in total. The number of halogens is 2. The molecular formula is C9H11F2N3O. The number of amides is 1. The molecule has 6 heteroatoms. The molecule has 0 heterocycles. The fourth-order valence-electron chi connectivity index (χ4n) is 1.06. The Bertz CT molecular complexity index is 382. The number of nitrogen functional groups attached to an aromatic ring is 1. The van der Waals surface area contributed by atoms with Gasteiger partial charge in [-0.3, -0.25) is 4.79 Å². The third kappa shape index (κ3) is 2.80. The van der Waals surface area contributed by atoms with Gasteiger partial charge in [-0.25, -0.2) is 8.78 Å². The van der Waals surface area contributed by atoms with Gasteiger partial charge in [0.25, 0.3) is 0 Å². The molecule has 0 spiro atoms. The lowest BCUT2D eigenvalue weighted by molar-refractivity contribution is -0.117. The summed E-state index contributed by atoms with van der Waals surface area (Å²) in [5.41, 5.74) is 10.2. The molecule has 0 aromatic heterocycles. The summed E-state index contributed by atoms with van der Waals surface area (Å²) >= 11 is 0. The van der Waals surface area contributed by atoms with E-state index >= 15 is 0 Å². The summed E-state index contributed by atoms with van der Waals surface area (Å²) in [5, 5.41) is 2.51. The van der Waals surface area contributed by atoms with Crippen LogP contribution in [0, 0.1) is 11.6 Å². The first-order valence-electron chi connectivity index (χ1n) is 4.28. The van der Waals surface area contributed by atoms with Gasteiger partial charge < -0.3 is 16.8 Å². The van der Waals surface area contributed by atoms with Gasteiger partial charge in [-0.05, 0) is 12.1 Å². The molecule has 0 saturated carbocycles. The van der Waals surface area contributed by atoms with Crippen LogP contribution in [0.2, 0.25) is 0 Å². The highest BCUT2D eigenvalue weighted by molar-refractivity contribution is 5.75. The highest BCUT2D eigenvalue weighted by atomic mass is 19.2. The number of hydrogen-bond donors (Lipinski definition) is 3. The van der Waals surface area contributed by atoms with Gasteiger partial charge in [-0.1, -0.05) is 0 Å². The van der Waals surface area contributed by atoms with Crippen LogP contribution in [0.1, 0.15) is 6.42 Å². The number of primary amides is 1. The fraction of sp³-hybridized carbons (Fsp3) is 0.222. The van der Waals surface area contributed by atoms with Crippen LogP contribution < -0.4 is 16.8 Å². The summed E-state index contributed by atoms with van der Waals surface area (Å²) in [6, 6.07) is 2.18. The number of anilines is 2. The molecule has 0 fully saturated rings. The van der Waals surface area contributed by atoms with Crippen LogP contribution in [0.15, 0.2) is 12.1 Å². The second-order valence-corrected chi connectivity index (χ2v) is 2.97. The van der Waals surface area contributed by atoms with E-state index in [4.69, 9.17) is 11.5 Å². The molecule has 15 heavy (non-hydrogen) atoms. The molecule has 0 aliphatic heterocycles. The number of benzene rings is 1. The van der Waals surface area contributed by atoms with Crippen molar-refractivity contribution in [3.63, 3.8) is 0 Å². The maximum atomic E-state index is 13.2. The van der Waals surface area contributed by atoms with Gasteiger partial charge in [0.15, 0.2) is 11.6 Å². The molecule has 0 unspecified atom stereocenters. The van der Waals surface area contributed by atoms with Crippen LogP contribution in [-0.4, -0.2) is 12.5 Å². The summed E-state index contributed by atoms with van der Waals surface area (Å²) in [4.78, 5) is 10.4. The minimum atomic E-state index is -1.06. The number of carbonyl (C=O) groups excluding carboxylic acids is 1. The van der Waals surface area contributed by atoms with Gasteiger partial charge in [-0.2, -0.15) is 0 Å². The molecule has 0 atom stereocenters. The van der Waals surface area contributed by atoms with Gasteiger partial charge in [0.05, 0.1) is 11.4 Å². The molecular weight excluding hydrogens is 204 g/mol. The zero-order valence-electron chi connectivity index (χ0n) is 7.89. The van der Waals surface area contributed by atoms with Gasteiger partial charge in [0.1, 0.15) is 0 Å². The van der Waals surface area contributed by atoms with Gasteiger partial charge >= 0.3 is 0 Å². The predicted octanol–water partition coefficient (Wildman–Crippen LogP) is 0.834. The van der Waals surface area contributed by atoms with Crippen molar-refractivity contribution in [1.82, 2.24) is 0 Å². The Kier molecular flexibility index (Phi) is 3.43. The average molecular weight is 215 g/mol. The van der Waals surface area contributed by atoms with E-state index in [0.717, 1.165) is 6.07 Å². The minimum Gasteiger partial charge on any atom is -0.397 e. The summed E-state index contributed by atoms with van der Waals surface area (Å²) in [6.45, 7) is 0.111. The highest BCUT2D eigenvalue weighted by Crippen LogP contribution is 2.24. The lowest BCUT2D eigenvalue weighted by Crippen LogP contribution is -2.17. The molecule has 0 aliphatic carbocycles. The zero-order chi connectivity index (χ0) is 11.4. The Morgan fingerprint density at radius 1 is 1.40 bits per heavy atom. The van der Waals surface area contributed by atoms with Crippen LogP contribution in [0.25, 0.3) is 0 Å². The molecule has 0 radical (unpaired) electrons. The van der Waals surface area contributed by atoms with Crippen LogP contribution in [0.3, 0.4) is 0 Å². The van der Waals surface area contributed by atoms with Crippen LogP contribution in [-0.2, 0) is 4.79 Å². The van der Waals surface area contributed by atoms with E-state index in [2.05, 4.69) is 5.32 Å². The van der Waals surface area contributed by atoms with Gasteiger partial charge in [0, 0.05) is 13.0 Å². The molecule has 0 saturated heterocycles. The zero-order valence-corrected chi connectivity index (χ0v) is 7.89. The van der Waals surface area contributed by atoms with Crippen molar-refractivity contribution < 1.29 is 13.6 Å². The third-order valence-electron chi connectivity index (χ3n) is 1.80. The number of nitrogens with one attached hydrogen (secondary N) is 1. The lowest BCUT2D eigenvalue weighted by atomic mass is 10.2. The van der Waals surface area contributed by atoms with Crippen LogP contribution in [0.4, 0.5) is 20.2 Å². The van der Waals surface area contributed by atoms with Crippen LogP contribution in [0.5, 0.6) is 0 Å². The fourth-order valence-corrected chi connectivity index (χ4v) is 1.06. The smallest absolute Gasteiger partial charge is 0.219 e. The van der Waals surface area contributed by atoms with Gasteiger partial charge in [0.2, 0.25) is 5.91 Å². The molecule has 1 rings (SSSR count). The van der Waals surface area contributed by atoms with E-state index in [0.29, 0.717) is 0 Å². The summed E-state index contributed by atoms with van der Waals surface area (Å²) in [7, 11) is 0. The SMILES string of the molecule is NC(=O)CCNc1c(N)ccc(F)c1F. The Morgan fingerprint density at radius 2 is 2.07 bits per heavy atom. The number of nitrogens with two attached hydrogens (primary N) is 2. The number of rotatable bonds is 4. The molecule has 1 amide bonds.